The molecular weight excluding hydrogens is 202 g/mol. The van der Waals surface area contributed by atoms with Gasteiger partial charge in [-0.15, -0.1) is 0 Å². The van der Waals surface area contributed by atoms with E-state index >= 15 is 0 Å². The quantitative estimate of drug-likeness (QED) is 0.598. The average Bonchev–Trinajstić information content (AvgIpc) is 2.23. The van der Waals surface area contributed by atoms with Gasteiger partial charge in [0.1, 0.15) is 0 Å². The van der Waals surface area contributed by atoms with Gasteiger partial charge in [-0.05, 0) is 52.5 Å². The smallest absolute Gasteiger partial charge is 0.0637 e. The molecule has 3 heteroatoms. The van der Waals surface area contributed by atoms with E-state index in [0.717, 1.165) is 25.8 Å². The van der Waals surface area contributed by atoms with Crippen molar-refractivity contribution in [2.45, 2.75) is 58.6 Å². The van der Waals surface area contributed by atoms with Gasteiger partial charge in [0, 0.05) is 19.8 Å². The van der Waals surface area contributed by atoms with Crippen LogP contribution in [0.2, 0.25) is 0 Å². The molecule has 0 amide bonds. The Morgan fingerprint density at radius 2 is 1.94 bits per heavy atom. The molecular formula is C13H29NO2. The molecule has 0 aromatic heterocycles. The van der Waals surface area contributed by atoms with Crippen LogP contribution in [-0.2, 0) is 4.74 Å². The Balaban J connectivity index is 3.55. The number of aliphatic hydroxyl groups excluding tert-OH is 1. The largest absolute Gasteiger partial charge is 0.396 e. The Bertz CT molecular complexity index is 171. The maximum Gasteiger partial charge on any atom is 0.0637 e. The zero-order valence-corrected chi connectivity index (χ0v) is 11.5. The van der Waals surface area contributed by atoms with Crippen LogP contribution in [0.15, 0.2) is 0 Å². The van der Waals surface area contributed by atoms with Gasteiger partial charge in [0.25, 0.3) is 0 Å². The van der Waals surface area contributed by atoms with E-state index in [2.05, 4.69) is 33.0 Å². The molecule has 3 nitrogen and oxygen atoms in total. The summed E-state index contributed by atoms with van der Waals surface area (Å²) in [5, 5.41) is 12.4. The molecule has 98 valence electrons. The molecule has 2 N–H and O–H groups in total. The number of nitrogens with one attached hydrogen (secondary N) is 1. The van der Waals surface area contributed by atoms with E-state index in [9.17, 15) is 0 Å². The molecule has 2 atom stereocenters. The first-order valence-corrected chi connectivity index (χ1v) is 6.30. The summed E-state index contributed by atoms with van der Waals surface area (Å²) in [5.74, 6) is 0.424. The lowest BCUT2D eigenvalue weighted by atomic mass is 9.99. The second-order valence-electron chi connectivity index (χ2n) is 5.45. The fourth-order valence-electron chi connectivity index (χ4n) is 1.78. The number of aliphatic hydroxyl groups is 1. The first kappa shape index (κ1) is 15.9. The molecule has 0 saturated heterocycles. The predicted octanol–water partition coefficient (Wildman–Crippen LogP) is 2.19. The lowest BCUT2D eigenvalue weighted by Gasteiger charge is -2.27. The molecule has 0 radical (unpaired) electrons. The van der Waals surface area contributed by atoms with Crippen LogP contribution in [0.1, 0.15) is 47.0 Å². The van der Waals surface area contributed by atoms with Gasteiger partial charge < -0.3 is 15.2 Å². The predicted molar refractivity (Wildman–Crippen MR) is 68.7 cm³/mol. The summed E-state index contributed by atoms with van der Waals surface area (Å²) in [4.78, 5) is 0. The second-order valence-corrected chi connectivity index (χ2v) is 5.45. The van der Waals surface area contributed by atoms with E-state index in [1.807, 2.05) is 0 Å². The zero-order valence-electron chi connectivity index (χ0n) is 11.5. The summed E-state index contributed by atoms with van der Waals surface area (Å²) in [6.07, 6.45) is 3.22. The molecule has 0 bridgehead atoms. The van der Waals surface area contributed by atoms with Crippen LogP contribution in [0.4, 0.5) is 0 Å². The summed E-state index contributed by atoms with van der Waals surface area (Å²) in [5.41, 5.74) is -0.0508. The van der Waals surface area contributed by atoms with Crippen LogP contribution in [0, 0.1) is 5.92 Å². The fraction of sp³-hybridized carbons (Fsp3) is 1.00. The van der Waals surface area contributed by atoms with Crippen molar-refractivity contribution < 1.29 is 9.84 Å². The molecule has 0 fully saturated rings. The summed E-state index contributed by atoms with van der Waals surface area (Å²) >= 11 is 0. The van der Waals surface area contributed by atoms with E-state index in [4.69, 9.17) is 9.84 Å². The molecule has 0 saturated carbocycles. The summed E-state index contributed by atoms with van der Waals surface area (Å²) in [6.45, 7) is 9.81. The van der Waals surface area contributed by atoms with E-state index < -0.39 is 0 Å². The monoisotopic (exact) mass is 231 g/mol. The number of methoxy groups -OCH3 is 1. The highest BCUT2D eigenvalue weighted by molar-refractivity contribution is 4.75. The Labute approximate surface area is 101 Å². The number of ether oxygens (including phenoxy) is 1. The van der Waals surface area contributed by atoms with Crippen molar-refractivity contribution in [1.82, 2.24) is 5.32 Å². The van der Waals surface area contributed by atoms with E-state index in [0.29, 0.717) is 18.6 Å². The maximum atomic E-state index is 8.89. The molecule has 2 unspecified atom stereocenters. The molecule has 0 aliphatic rings. The van der Waals surface area contributed by atoms with Gasteiger partial charge in [-0.1, -0.05) is 6.92 Å². The topological polar surface area (TPSA) is 41.5 Å². The first-order valence-electron chi connectivity index (χ1n) is 6.30. The van der Waals surface area contributed by atoms with Crippen LogP contribution in [0.3, 0.4) is 0 Å². The van der Waals surface area contributed by atoms with E-state index in [1.165, 1.54) is 0 Å². The van der Waals surface area contributed by atoms with Crippen molar-refractivity contribution >= 4 is 0 Å². The Morgan fingerprint density at radius 3 is 2.44 bits per heavy atom. The van der Waals surface area contributed by atoms with Crippen LogP contribution in [-0.4, -0.2) is 37.0 Å². The van der Waals surface area contributed by atoms with Gasteiger partial charge in [-0.2, -0.15) is 0 Å². The molecule has 0 aliphatic heterocycles. The maximum absolute atomic E-state index is 8.89. The third-order valence-electron chi connectivity index (χ3n) is 3.03. The molecule has 0 heterocycles. The average molecular weight is 231 g/mol. The van der Waals surface area contributed by atoms with Gasteiger partial charge in [0.05, 0.1) is 5.60 Å². The summed E-state index contributed by atoms with van der Waals surface area (Å²) < 4.78 is 5.40. The molecule has 0 aromatic rings. The van der Waals surface area contributed by atoms with Crippen molar-refractivity contribution in [3.63, 3.8) is 0 Å². The summed E-state index contributed by atoms with van der Waals surface area (Å²) in [6, 6.07) is 0.472. The third-order valence-corrected chi connectivity index (χ3v) is 3.03. The number of rotatable bonds is 9. The highest BCUT2D eigenvalue weighted by atomic mass is 16.5. The minimum atomic E-state index is -0.0508. The van der Waals surface area contributed by atoms with Crippen LogP contribution in [0.25, 0.3) is 0 Å². The summed E-state index contributed by atoms with van der Waals surface area (Å²) in [7, 11) is 1.76. The molecule has 0 aromatic carbocycles. The molecule has 16 heavy (non-hydrogen) atoms. The van der Waals surface area contributed by atoms with Gasteiger partial charge in [0.2, 0.25) is 0 Å². The van der Waals surface area contributed by atoms with Gasteiger partial charge >= 0.3 is 0 Å². The lowest BCUT2D eigenvalue weighted by molar-refractivity contribution is 0.00857. The SMILES string of the molecule is COC(C)(C)CC(C)NCCCC(C)CO. The molecule has 0 rings (SSSR count). The van der Waals surface area contributed by atoms with Gasteiger partial charge in [-0.25, -0.2) is 0 Å². The zero-order chi connectivity index (χ0) is 12.6. The van der Waals surface area contributed by atoms with Crippen molar-refractivity contribution in [2.75, 3.05) is 20.3 Å². The van der Waals surface area contributed by atoms with Crippen LogP contribution < -0.4 is 5.32 Å². The van der Waals surface area contributed by atoms with Crippen LogP contribution in [0.5, 0.6) is 0 Å². The number of hydrogen-bond donors (Lipinski definition) is 2. The van der Waals surface area contributed by atoms with Crippen LogP contribution >= 0.6 is 0 Å². The van der Waals surface area contributed by atoms with Crippen molar-refractivity contribution in [1.29, 1.82) is 0 Å². The number of hydrogen-bond acceptors (Lipinski definition) is 3. The normalized spacial score (nSPS) is 16.1. The van der Waals surface area contributed by atoms with Crippen molar-refractivity contribution in [2.24, 2.45) is 5.92 Å². The minimum absolute atomic E-state index is 0.0508. The highest BCUT2D eigenvalue weighted by Crippen LogP contribution is 2.15. The second kappa shape index (κ2) is 8.04. The highest BCUT2D eigenvalue weighted by Gasteiger charge is 2.19. The Morgan fingerprint density at radius 1 is 1.31 bits per heavy atom. The van der Waals surface area contributed by atoms with Crippen molar-refractivity contribution in [3.8, 4) is 0 Å². The van der Waals surface area contributed by atoms with E-state index in [1.54, 1.807) is 7.11 Å². The van der Waals surface area contributed by atoms with Gasteiger partial charge in [-0.3, -0.25) is 0 Å². The van der Waals surface area contributed by atoms with Gasteiger partial charge in [0.15, 0.2) is 0 Å². The Hall–Kier alpha value is -0.120. The first-order chi connectivity index (χ1) is 7.41. The minimum Gasteiger partial charge on any atom is -0.396 e. The lowest BCUT2D eigenvalue weighted by Crippen LogP contribution is -2.36. The third kappa shape index (κ3) is 8.08. The fourth-order valence-corrected chi connectivity index (χ4v) is 1.78. The molecule has 0 spiro atoms. The Kier molecular flexibility index (Phi) is 7.98. The molecule has 0 aliphatic carbocycles. The van der Waals surface area contributed by atoms with Crippen molar-refractivity contribution in [3.05, 3.63) is 0 Å². The standard InChI is InChI=1S/C13H29NO2/c1-11(10-15)7-6-8-14-12(2)9-13(3,4)16-5/h11-12,14-15H,6-10H2,1-5H3. The van der Waals surface area contributed by atoms with E-state index in [-0.39, 0.29) is 5.60 Å².